The van der Waals surface area contributed by atoms with E-state index in [1.807, 2.05) is 62.4 Å². The van der Waals surface area contributed by atoms with Crippen LogP contribution in [0.2, 0.25) is 0 Å². The van der Waals surface area contributed by atoms with Crippen molar-refractivity contribution >= 4 is 29.0 Å². The Bertz CT molecular complexity index is 1120. The van der Waals surface area contributed by atoms with Crippen LogP contribution in [0.5, 0.6) is 0 Å². The Morgan fingerprint density at radius 2 is 1.84 bits per heavy atom. The van der Waals surface area contributed by atoms with Gasteiger partial charge in [-0.3, -0.25) is 4.79 Å². The maximum atomic E-state index is 14.3. The van der Waals surface area contributed by atoms with Gasteiger partial charge in [0.2, 0.25) is 0 Å². The first-order valence-corrected chi connectivity index (χ1v) is 10.6. The molecule has 0 bridgehead atoms. The van der Waals surface area contributed by atoms with Gasteiger partial charge in [-0.15, -0.1) is 0 Å². The van der Waals surface area contributed by atoms with Crippen LogP contribution in [0, 0.1) is 11.2 Å². The van der Waals surface area contributed by atoms with Gasteiger partial charge in [0.1, 0.15) is 5.82 Å². The molecule has 0 saturated heterocycles. The third-order valence-electron chi connectivity index (χ3n) is 5.55. The second-order valence-corrected chi connectivity index (χ2v) is 8.81. The first-order chi connectivity index (χ1) is 14.7. The summed E-state index contributed by atoms with van der Waals surface area (Å²) >= 11 is 6.12. The summed E-state index contributed by atoms with van der Waals surface area (Å²) in [6, 6.07) is 14.8. The Balaban J connectivity index is 1.94. The van der Waals surface area contributed by atoms with Crippen molar-refractivity contribution in [2.24, 2.45) is 5.41 Å². The molecule has 0 amide bonds. The summed E-state index contributed by atoms with van der Waals surface area (Å²) in [6.07, 6.45) is 8.06. The number of allylic oxidation sites excluding steroid dienone is 7. The molecule has 1 unspecified atom stereocenters. The van der Waals surface area contributed by atoms with Gasteiger partial charge < -0.3 is 0 Å². The average molecular weight is 433 g/mol. The Morgan fingerprint density at radius 3 is 2.52 bits per heavy atom. The lowest BCUT2D eigenvalue weighted by atomic mass is 9.76. The van der Waals surface area contributed by atoms with E-state index < -0.39 is 5.41 Å². The predicted octanol–water partition coefficient (Wildman–Crippen LogP) is 7.70. The van der Waals surface area contributed by atoms with Crippen LogP contribution in [0.1, 0.15) is 37.0 Å². The zero-order chi connectivity index (χ0) is 22.6. The van der Waals surface area contributed by atoms with Crippen LogP contribution in [0.3, 0.4) is 0 Å². The van der Waals surface area contributed by atoms with Crippen molar-refractivity contribution < 1.29 is 9.18 Å². The van der Waals surface area contributed by atoms with Gasteiger partial charge in [-0.05, 0) is 65.8 Å². The van der Waals surface area contributed by atoms with Gasteiger partial charge >= 0.3 is 0 Å². The lowest BCUT2D eigenvalue weighted by Crippen LogP contribution is -2.29. The first-order valence-electron chi connectivity index (χ1n) is 10.2. The molecule has 3 heteroatoms. The van der Waals surface area contributed by atoms with Crippen molar-refractivity contribution in [1.29, 1.82) is 0 Å². The Kier molecular flexibility index (Phi) is 6.92. The minimum absolute atomic E-state index is 0.0330. The molecule has 2 aromatic carbocycles. The number of carbonyl (C=O) groups is 1. The van der Waals surface area contributed by atoms with Gasteiger partial charge in [0.25, 0.3) is 0 Å². The summed E-state index contributed by atoms with van der Waals surface area (Å²) < 4.78 is 14.3. The van der Waals surface area contributed by atoms with E-state index in [0.29, 0.717) is 29.0 Å². The number of halogens is 2. The summed E-state index contributed by atoms with van der Waals surface area (Å²) in [5, 5.41) is 0.450. The van der Waals surface area contributed by atoms with E-state index in [4.69, 9.17) is 11.6 Å². The molecule has 0 spiro atoms. The van der Waals surface area contributed by atoms with Gasteiger partial charge in [0.15, 0.2) is 5.78 Å². The number of carbonyl (C=O) groups excluding carboxylic acids is 1. The SMILES string of the molecule is C=C(Cl)CC(C)(Cc1ccccc1)C(=O)/C=C/C1=Cc2cccc(F)c2C(=C)C=C1C. The molecule has 0 radical (unpaired) electrons. The van der Waals surface area contributed by atoms with Gasteiger partial charge in [0, 0.05) is 16.0 Å². The van der Waals surface area contributed by atoms with E-state index in [0.717, 1.165) is 22.3 Å². The number of fused-ring (bicyclic) bond motifs is 1. The molecular formula is C28H26ClFO. The van der Waals surface area contributed by atoms with E-state index in [1.165, 1.54) is 6.07 Å². The average Bonchev–Trinajstić information content (AvgIpc) is 2.82. The van der Waals surface area contributed by atoms with Crippen LogP contribution in [-0.4, -0.2) is 5.78 Å². The van der Waals surface area contributed by atoms with Crippen molar-refractivity contribution in [3.8, 4) is 0 Å². The third-order valence-corrected chi connectivity index (χ3v) is 5.69. The zero-order valence-electron chi connectivity index (χ0n) is 17.9. The molecule has 0 aliphatic heterocycles. The molecule has 31 heavy (non-hydrogen) atoms. The van der Waals surface area contributed by atoms with Crippen molar-refractivity contribution in [2.45, 2.75) is 26.7 Å². The second-order valence-electron chi connectivity index (χ2n) is 8.27. The summed E-state index contributed by atoms with van der Waals surface area (Å²) in [5.74, 6) is -0.338. The molecule has 0 N–H and O–H groups in total. The second kappa shape index (κ2) is 9.45. The highest BCUT2D eigenvalue weighted by Crippen LogP contribution is 2.34. The monoisotopic (exact) mass is 432 g/mol. The van der Waals surface area contributed by atoms with Gasteiger partial charge in [-0.2, -0.15) is 0 Å². The quantitative estimate of drug-likeness (QED) is 0.409. The Hall–Kier alpha value is -2.97. The maximum absolute atomic E-state index is 14.3. The summed E-state index contributed by atoms with van der Waals surface area (Å²) in [5.41, 5.74) is 3.95. The predicted molar refractivity (Wildman–Crippen MR) is 129 cm³/mol. The number of rotatable bonds is 7. The molecule has 3 rings (SSSR count). The highest BCUT2D eigenvalue weighted by Gasteiger charge is 2.32. The van der Waals surface area contributed by atoms with E-state index >= 15 is 0 Å². The zero-order valence-corrected chi connectivity index (χ0v) is 18.7. The van der Waals surface area contributed by atoms with E-state index in [2.05, 4.69) is 13.2 Å². The fourth-order valence-corrected chi connectivity index (χ4v) is 4.25. The number of hydrogen-bond acceptors (Lipinski definition) is 1. The van der Waals surface area contributed by atoms with Crippen LogP contribution in [-0.2, 0) is 11.2 Å². The summed E-state index contributed by atoms with van der Waals surface area (Å²) in [7, 11) is 0. The molecule has 0 saturated carbocycles. The molecule has 1 nitrogen and oxygen atoms in total. The lowest BCUT2D eigenvalue weighted by molar-refractivity contribution is -0.122. The molecule has 0 aromatic heterocycles. The fourth-order valence-electron chi connectivity index (χ4n) is 3.95. The van der Waals surface area contributed by atoms with Crippen molar-refractivity contribution in [3.63, 3.8) is 0 Å². The van der Waals surface area contributed by atoms with Crippen LogP contribution in [0.4, 0.5) is 4.39 Å². The highest BCUT2D eigenvalue weighted by molar-refractivity contribution is 6.29. The largest absolute Gasteiger partial charge is 0.294 e. The van der Waals surface area contributed by atoms with Crippen LogP contribution >= 0.6 is 11.6 Å². The van der Waals surface area contributed by atoms with Gasteiger partial charge in [0.05, 0.1) is 0 Å². The van der Waals surface area contributed by atoms with Crippen LogP contribution < -0.4 is 0 Å². The van der Waals surface area contributed by atoms with Crippen LogP contribution in [0.25, 0.3) is 11.6 Å². The summed E-state index contributed by atoms with van der Waals surface area (Å²) in [4.78, 5) is 13.3. The molecular weight excluding hydrogens is 407 g/mol. The highest BCUT2D eigenvalue weighted by atomic mass is 35.5. The van der Waals surface area contributed by atoms with Gasteiger partial charge in [-0.25, -0.2) is 4.39 Å². The molecule has 1 aliphatic rings. The number of benzene rings is 2. The van der Waals surface area contributed by atoms with E-state index in [1.54, 1.807) is 18.2 Å². The molecule has 0 fully saturated rings. The minimum atomic E-state index is -0.715. The van der Waals surface area contributed by atoms with Crippen molar-refractivity contribution in [1.82, 2.24) is 0 Å². The Morgan fingerprint density at radius 1 is 1.13 bits per heavy atom. The standard InChI is InChI=1S/C28H26ClFO/c1-19-15-20(2)27-24(11-8-12-25(27)30)16-23(19)13-14-26(31)28(4,17-21(3)29)18-22-9-6-5-7-10-22/h5-16H,2-3,17-18H2,1,4H3/b14-13+. The van der Waals surface area contributed by atoms with Gasteiger partial charge in [-0.1, -0.05) is 86.3 Å². The maximum Gasteiger partial charge on any atom is 0.162 e. The minimum Gasteiger partial charge on any atom is -0.294 e. The normalized spacial score (nSPS) is 15.5. The smallest absolute Gasteiger partial charge is 0.162 e. The Labute approximate surface area is 189 Å². The molecule has 1 atom stereocenters. The molecule has 1 aliphatic carbocycles. The van der Waals surface area contributed by atoms with Crippen LogP contribution in [0.15, 0.2) is 96.1 Å². The molecule has 2 aromatic rings. The number of ketones is 1. The first kappa shape index (κ1) is 22.7. The number of hydrogen-bond donors (Lipinski definition) is 0. The summed E-state index contributed by atoms with van der Waals surface area (Å²) in [6.45, 7) is 11.7. The molecule has 0 heterocycles. The van der Waals surface area contributed by atoms with E-state index in [9.17, 15) is 9.18 Å². The fraction of sp³-hybridized carbons (Fsp3) is 0.179. The molecule has 158 valence electrons. The lowest BCUT2D eigenvalue weighted by Gasteiger charge is -2.27. The van der Waals surface area contributed by atoms with Crippen molar-refractivity contribution in [3.05, 3.63) is 119 Å². The van der Waals surface area contributed by atoms with E-state index in [-0.39, 0.29) is 11.6 Å². The van der Waals surface area contributed by atoms with Crippen molar-refractivity contribution in [2.75, 3.05) is 0 Å². The third kappa shape index (κ3) is 5.39. The topological polar surface area (TPSA) is 17.1 Å².